The van der Waals surface area contributed by atoms with Crippen LogP contribution in [0.5, 0.6) is 0 Å². The summed E-state index contributed by atoms with van der Waals surface area (Å²) in [6.07, 6.45) is 5.69. The van der Waals surface area contributed by atoms with Crippen LogP contribution < -0.4 is 0 Å². The molecule has 25 heavy (non-hydrogen) atoms. The van der Waals surface area contributed by atoms with Gasteiger partial charge in [0.2, 0.25) is 0 Å². The highest BCUT2D eigenvalue weighted by Crippen LogP contribution is 2.33. The standard InChI is InChI=1S/C20H25NO2S2/c1-14-17(7-11-24-14)19(18-8-12-25-15(18)2)6-4-10-21-9-3-5-16(21)13-20(22)23/h6-8,11-12,16H,3-5,9-10,13H2,1-2H3,(H,22,23)/t16-/m0/s1. The Morgan fingerprint density at radius 1 is 1.24 bits per heavy atom. The van der Waals surface area contributed by atoms with E-state index in [0.717, 1.165) is 32.4 Å². The second-order valence-corrected chi connectivity index (χ2v) is 8.86. The largest absolute Gasteiger partial charge is 0.481 e. The van der Waals surface area contributed by atoms with Gasteiger partial charge in [0.15, 0.2) is 0 Å². The van der Waals surface area contributed by atoms with E-state index >= 15 is 0 Å². The van der Waals surface area contributed by atoms with Crippen molar-refractivity contribution in [1.82, 2.24) is 4.90 Å². The molecule has 2 aromatic heterocycles. The number of likely N-dealkylation sites (tertiary alicyclic amines) is 1. The van der Waals surface area contributed by atoms with Crippen LogP contribution in [0.25, 0.3) is 5.57 Å². The molecule has 0 aromatic carbocycles. The fourth-order valence-corrected chi connectivity index (χ4v) is 5.12. The molecule has 1 fully saturated rings. The second kappa shape index (κ2) is 8.30. The summed E-state index contributed by atoms with van der Waals surface area (Å²) in [5.74, 6) is -0.684. The SMILES string of the molecule is Cc1sccc1C(=CCCN1CCC[C@H]1CC(=O)O)c1ccsc1C. The molecule has 0 bridgehead atoms. The summed E-state index contributed by atoms with van der Waals surface area (Å²) >= 11 is 3.58. The average molecular weight is 376 g/mol. The quantitative estimate of drug-likeness (QED) is 0.724. The monoisotopic (exact) mass is 375 g/mol. The van der Waals surface area contributed by atoms with Gasteiger partial charge in [-0.1, -0.05) is 6.08 Å². The van der Waals surface area contributed by atoms with Crippen LogP contribution in [0, 0.1) is 13.8 Å². The predicted octanol–water partition coefficient (Wildman–Crippen LogP) is 5.19. The molecule has 1 aliphatic heterocycles. The first-order valence-electron chi connectivity index (χ1n) is 8.81. The van der Waals surface area contributed by atoms with E-state index in [0.29, 0.717) is 0 Å². The van der Waals surface area contributed by atoms with Gasteiger partial charge in [-0.2, -0.15) is 0 Å². The van der Waals surface area contributed by atoms with Gasteiger partial charge in [0, 0.05) is 22.3 Å². The van der Waals surface area contributed by atoms with Gasteiger partial charge in [0.05, 0.1) is 6.42 Å². The zero-order chi connectivity index (χ0) is 17.8. The van der Waals surface area contributed by atoms with E-state index in [2.05, 4.69) is 47.7 Å². The second-order valence-electron chi connectivity index (χ2n) is 6.62. The minimum Gasteiger partial charge on any atom is -0.481 e. The van der Waals surface area contributed by atoms with E-state index in [4.69, 9.17) is 5.11 Å². The molecule has 0 unspecified atom stereocenters. The van der Waals surface area contributed by atoms with Crippen LogP contribution in [0.4, 0.5) is 0 Å². The molecule has 0 saturated carbocycles. The van der Waals surface area contributed by atoms with E-state index in [1.54, 1.807) is 22.7 Å². The van der Waals surface area contributed by atoms with Crippen molar-refractivity contribution >= 4 is 34.2 Å². The fourth-order valence-electron chi connectivity index (χ4n) is 3.69. The molecule has 1 N–H and O–H groups in total. The van der Waals surface area contributed by atoms with E-state index in [1.165, 1.54) is 26.5 Å². The molecule has 3 heterocycles. The molecule has 0 amide bonds. The van der Waals surface area contributed by atoms with Crippen molar-refractivity contribution in [2.24, 2.45) is 0 Å². The molecule has 2 aromatic rings. The molecule has 1 saturated heterocycles. The highest BCUT2D eigenvalue weighted by molar-refractivity contribution is 7.10. The first kappa shape index (κ1) is 18.4. The van der Waals surface area contributed by atoms with Crippen molar-refractivity contribution in [3.05, 3.63) is 49.9 Å². The number of aryl methyl sites for hydroxylation is 2. The number of aliphatic carboxylic acids is 1. The Balaban J connectivity index is 1.75. The molecule has 0 radical (unpaired) electrons. The van der Waals surface area contributed by atoms with Gasteiger partial charge < -0.3 is 5.11 Å². The van der Waals surface area contributed by atoms with E-state index in [9.17, 15) is 4.79 Å². The van der Waals surface area contributed by atoms with Crippen LogP contribution >= 0.6 is 22.7 Å². The Morgan fingerprint density at radius 3 is 2.40 bits per heavy atom. The molecule has 1 atom stereocenters. The summed E-state index contributed by atoms with van der Waals surface area (Å²) < 4.78 is 0. The molecule has 5 heteroatoms. The van der Waals surface area contributed by atoms with Gasteiger partial charge in [-0.15, -0.1) is 22.7 Å². The molecule has 134 valence electrons. The third kappa shape index (κ3) is 4.40. The smallest absolute Gasteiger partial charge is 0.304 e. The van der Waals surface area contributed by atoms with Crippen LogP contribution in [0.15, 0.2) is 29.0 Å². The van der Waals surface area contributed by atoms with Crippen LogP contribution in [0.1, 0.15) is 46.6 Å². The Labute approximate surface area is 157 Å². The molecule has 0 aliphatic carbocycles. The molecule has 3 rings (SSSR count). The number of rotatable bonds is 7. The summed E-state index contributed by atoms with van der Waals surface area (Å²) in [5.41, 5.74) is 3.98. The van der Waals surface area contributed by atoms with E-state index in [1.807, 2.05) is 0 Å². The Kier molecular flexibility index (Phi) is 6.10. The Bertz CT molecular complexity index is 717. The number of carbonyl (C=O) groups is 1. The van der Waals surface area contributed by atoms with Crippen molar-refractivity contribution in [2.45, 2.75) is 45.6 Å². The normalized spacial score (nSPS) is 17.8. The molecule has 1 aliphatic rings. The molecule has 0 spiro atoms. The van der Waals surface area contributed by atoms with Gasteiger partial charge >= 0.3 is 5.97 Å². The van der Waals surface area contributed by atoms with Crippen molar-refractivity contribution in [3.8, 4) is 0 Å². The van der Waals surface area contributed by atoms with Gasteiger partial charge in [0.25, 0.3) is 0 Å². The lowest BCUT2D eigenvalue weighted by Crippen LogP contribution is -2.32. The lowest BCUT2D eigenvalue weighted by molar-refractivity contribution is -0.138. The average Bonchev–Trinajstić information content (AvgIpc) is 3.27. The first-order valence-corrected chi connectivity index (χ1v) is 10.6. The van der Waals surface area contributed by atoms with Crippen molar-refractivity contribution in [1.29, 1.82) is 0 Å². The summed E-state index contributed by atoms with van der Waals surface area (Å²) in [6.45, 7) is 6.32. The number of thiophene rings is 2. The van der Waals surface area contributed by atoms with E-state index in [-0.39, 0.29) is 12.5 Å². The molecule has 3 nitrogen and oxygen atoms in total. The highest BCUT2D eigenvalue weighted by atomic mass is 32.1. The topological polar surface area (TPSA) is 40.5 Å². The Morgan fingerprint density at radius 2 is 1.88 bits per heavy atom. The van der Waals surface area contributed by atoms with Gasteiger partial charge in [-0.05, 0) is 79.2 Å². The summed E-state index contributed by atoms with van der Waals surface area (Å²) in [6, 6.07) is 4.64. The lowest BCUT2D eigenvalue weighted by atomic mass is 9.98. The third-order valence-electron chi connectivity index (χ3n) is 4.97. The zero-order valence-corrected chi connectivity index (χ0v) is 16.5. The molecular formula is C20H25NO2S2. The third-order valence-corrected chi connectivity index (χ3v) is 6.66. The minimum atomic E-state index is -0.684. The highest BCUT2D eigenvalue weighted by Gasteiger charge is 2.25. The maximum absolute atomic E-state index is 11.0. The Hall–Kier alpha value is -1.43. The van der Waals surface area contributed by atoms with Crippen molar-refractivity contribution in [2.75, 3.05) is 13.1 Å². The van der Waals surface area contributed by atoms with Gasteiger partial charge in [-0.3, -0.25) is 9.69 Å². The fraction of sp³-hybridized carbons (Fsp3) is 0.450. The predicted molar refractivity (Wildman–Crippen MR) is 107 cm³/mol. The van der Waals surface area contributed by atoms with Crippen LogP contribution in [-0.4, -0.2) is 35.1 Å². The number of carboxylic acids is 1. The maximum atomic E-state index is 11.0. The first-order chi connectivity index (χ1) is 12.1. The minimum absolute atomic E-state index is 0.208. The number of nitrogens with zero attached hydrogens (tertiary/aromatic N) is 1. The van der Waals surface area contributed by atoms with E-state index < -0.39 is 5.97 Å². The van der Waals surface area contributed by atoms with Gasteiger partial charge in [-0.25, -0.2) is 0 Å². The molecular weight excluding hydrogens is 350 g/mol. The number of carboxylic acid groups (broad SMARTS) is 1. The summed E-state index contributed by atoms with van der Waals surface area (Å²) in [7, 11) is 0. The van der Waals surface area contributed by atoms with Crippen LogP contribution in [0.3, 0.4) is 0 Å². The van der Waals surface area contributed by atoms with Gasteiger partial charge in [0.1, 0.15) is 0 Å². The number of hydrogen-bond donors (Lipinski definition) is 1. The van der Waals surface area contributed by atoms with Crippen LogP contribution in [0.2, 0.25) is 0 Å². The zero-order valence-electron chi connectivity index (χ0n) is 14.8. The van der Waals surface area contributed by atoms with Crippen molar-refractivity contribution in [3.63, 3.8) is 0 Å². The summed E-state index contributed by atoms with van der Waals surface area (Å²) in [4.78, 5) is 16.1. The maximum Gasteiger partial charge on any atom is 0.304 e. The van der Waals surface area contributed by atoms with Crippen LogP contribution in [-0.2, 0) is 4.79 Å². The van der Waals surface area contributed by atoms with Crippen molar-refractivity contribution < 1.29 is 9.90 Å². The summed E-state index contributed by atoms with van der Waals surface area (Å²) in [5, 5.41) is 13.4. The lowest BCUT2D eigenvalue weighted by Gasteiger charge is -2.22. The number of hydrogen-bond acceptors (Lipinski definition) is 4.